The Kier molecular flexibility index (Phi) is 6.11. The molecule has 0 saturated heterocycles. The zero-order chi connectivity index (χ0) is 24.5. The van der Waals surface area contributed by atoms with Crippen LogP contribution in [-0.4, -0.2) is 41.5 Å². The van der Waals surface area contributed by atoms with Crippen molar-refractivity contribution in [3.05, 3.63) is 59.7 Å². The lowest BCUT2D eigenvalue weighted by molar-refractivity contribution is 0.134. The van der Waals surface area contributed by atoms with E-state index in [1.807, 2.05) is 48.5 Å². The second-order valence-corrected chi connectivity index (χ2v) is 8.42. The molecule has 0 spiro atoms. The van der Waals surface area contributed by atoms with Gasteiger partial charge < -0.3 is 38.5 Å². The lowest BCUT2D eigenvalue weighted by Gasteiger charge is -2.39. The number of fused-ring (bicyclic) bond motifs is 2. The molecule has 3 aromatic carbocycles. The van der Waals surface area contributed by atoms with Crippen LogP contribution in [0.1, 0.15) is 24.0 Å². The number of ether oxygens (including phenoxy) is 7. The first kappa shape index (κ1) is 22.8. The number of methoxy groups -OCH3 is 4. The largest absolute Gasteiger partial charge is 0.495 e. The Balaban J connectivity index is 1.63. The van der Waals surface area contributed by atoms with Crippen molar-refractivity contribution in [3.8, 4) is 40.2 Å². The summed E-state index contributed by atoms with van der Waals surface area (Å²) in [6.07, 6.45) is -0.358. The van der Waals surface area contributed by atoms with Gasteiger partial charge in [0.05, 0.1) is 34.1 Å². The first-order valence-corrected chi connectivity index (χ1v) is 11.4. The molecule has 0 bridgehead atoms. The van der Waals surface area contributed by atoms with E-state index in [2.05, 4.69) is 12.2 Å². The Morgan fingerprint density at radius 3 is 2.09 bits per heavy atom. The predicted octanol–water partition coefficient (Wildman–Crippen LogP) is 5.05. The van der Waals surface area contributed by atoms with E-state index >= 15 is 0 Å². The molecule has 0 amide bonds. The fourth-order valence-electron chi connectivity index (χ4n) is 4.83. The minimum Gasteiger partial charge on any atom is -0.495 e. The molecule has 0 radical (unpaired) electrons. The molecule has 1 N–H and O–H groups in total. The molecular formula is C27H29NO7. The molecule has 0 fully saturated rings. The van der Waals surface area contributed by atoms with Gasteiger partial charge in [-0.3, -0.25) is 0 Å². The molecule has 2 aliphatic heterocycles. The first-order valence-electron chi connectivity index (χ1n) is 11.4. The second kappa shape index (κ2) is 9.37. The van der Waals surface area contributed by atoms with Gasteiger partial charge in [0, 0.05) is 23.5 Å². The van der Waals surface area contributed by atoms with E-state index < -0.39 is 0 Å². The Morgan fingerprint density at radius 2 is 1.43 bits per heavy atom. The minimum absolute atomic E-state index is 0.00408. The van der Waals surface area contributed by atoms with E-state index in [0.717, 1.165) is 28.3 Å². The van der Waals surface area contributed by atoms with E-state index in [1.54, 1.807) is 28.4 Å². The van der Waals surface area contributed by atoms with Crippen molar-refractivity contribution in [1.29, 1.82) is 0 Å². The molecule has 0 aromatic heterocycles. The molecule has 3 aromatic rings. The third-order valence-electron chi connectivity index (χ3n) is 6.55. The van der Waals surface area contributed by atoms with Crippen LogP contribution in [-0.2, 0) is 0 Å². The van der Waals surface area contributed by atoms with Crippen LogP contribution >= 0.6 is 0 Å². The van der Waals surface area contributed by atoms with Crippen molar-refractivity contribution < 1.29 is 33.2 Å². The van der Waals surface area contributed by atoms with Gasteiger partial charge in [-0.05, 0) is 35.9 Å². The Bertz CT molecular complexity index is 1200. The van der Waals surface area contributed by atoms with E-state index in [-0.39, 0.29) is 24.9 Å². The second-order valence-electron chi connectivity index (χ2n) is 8.42. The summed E-state index contributed by atoms with van der Waals surface area (Å²) in [5, 5.41) is 3.53. The summed E-state index contributed by atoms with van der Waals surface area (Å²) in [4.78, 5) is 0. The highest BCUT2D eigenvalue weighted by molar-refractivity contribution is 5.61. The number of hydrogen-bond donors (Lipinski definition) is 1. The SMILES string of the molecule is COc1ccccc1N[C@H]1Oc2cc3c(cc2[C@H](c2cc(OC)c(OC)c(OC)c2)[C@H]1C)OCO3. The van der Waals surface area contributed by atoms with Crippen LogP contribution in [0.15, 0.2) is 48.5 Å². The van der Waals surface area contributed by atoms with Gasteiger partial charge in [-0.2, -0.15) is 0 Å². The Hall–Kier alpha value is -3.94. The fourth-order valence-corrected chi connectivity index (χ4v) is 4.83. The van der Waals surface area contributed by atoms with E-state index in [0.29, 0.717) is 28.7 Å². The molecule has 35 heavy (non-hydrogen) atoms. The molecular weight excluding hydrogens is 450 g/mol. The maximum atomic E-state index is 6.49. The van der Waals surface area contributed by atoms with Crippen molar-refractivity contribution in [1.82, 2.24) is 0 Å². The summed E-state index contributed by atoms with van der Waals surface area (Å²) in [5.41, 5.74) is 2.84. The van der Waals surface area contributed by atoms with Gasteiger partial charge in [0.2, 0.25) is 12.5 Å². The van der Waals surface area contributed by atoms with Gasteiger partial charge in [0.15, 0.2) is 29.2 Å². The van der Waals surface area contributed by atoms with Crippen LogP contribution in [0.5, 0.6) is 40.2 Å². The van der Waals surface area contributed by atoms with Gasteiger partial charge in [-0.15, -0.1) is 0 Å². The lowest BCUT2D eigenvalue weighted by Crippen LogP contribution is -2.40. The van der Waals surface area contributed by atoms with Crippen molar-refractivity contribution in [2.24, 2.45) is 5.92 Å². The van der Waals surface area contributed by atoms with Gasteiger partial charge in [-0.1, -0.05) is 19.1 Å². The zero-order valence-corrected chi connectivity index (χ0v) is 20.4. The quantitative estimate of drug-likeness (QED) is 0.505. The third-order valence-corrected chi connectivity index (χ3v) is 6.55. The maximum absolute atomic E-state index is 6.49. The number of para-hydroxylation sites is 2. The van der Waals surface area contributed by atoms with E-state index in [4.69, 9.17) is 33.2 Å². The van der Waals surface area contributed by atoms with E-state index in [1.165, 1.54) is 0 Å². The Morgan fingerprint density at radius 1 is 0.771 bits per heavy atom. The summed E-state index contributed by atoms with van der Waals surface area (Å²) in [7, 11) is 6.49. The lowest BCUT2D eigenvalue weighted by atomic mass is 9.78. The van der Waals surface area contributed by atoms with E-state index in [9.17, 15) is 0 Å². The number of nitrogens with one attached hydrogen (secondary N) is 1. The number of benzene rings is 3. The first-order chi connectivity index (χ1) is 17.1. The summed E-state index contributed by atoms with van der Waals surface area (Å²) in [5.74, 6) is 4.49. The molecule has 2 aliphatic rings. The van der Waals surface area contributed by atoms with Crippen molar-refractivity contribution in [2.75, 3.05) is 40.5 Å². The molecule has 0 saturated carbocycles. The average Bonchev–Trinajstić information content (AvgIpc) is 3.34. The Labute approximate surface area is 204 Å². The van der Waals surface area contributed by atoms with Crippen LogP contribution in [0.2, 0.25) is 0 Å². The standard InChI is InChI=1S/C27H29NO7/c1-15-25(16-10-23(30-3)26(32-5)24(11-16)31-4)17-12-21-22(34-14-33-21)13-20(17)35-27(15)28-18-8-6-7-9-19(18)29-2/h6-13,15,25,27-28H,14H2,1-5H3/t15-,25+,27+/m1/s1. The fraction of sp³-hybridized carbons (Fsp3) is 0.333. The van der Waals surface area contributed by atoms with Crippen molar-refractivity contribution in [2.45, 2.75) is 19.1 Å². The molecule has 0 unspecified atom stereocenters. The topological polar surface area (TPSA) is 76.6 Å². The monoisotopic (exact) mass is 479 g/mol. The molecule has 184 valence electrons. The highest BCUT2D eigenvalue weighted by Gasteiger charge is 2.39. The van der Waals surface area contributed by atoms with Crippen LogP contribution in [0, 0.1) is 5.92 Å². The molecule has 8 heteroatoms. The van der Waals surface area contributed by atoms with Crippen LogP contribution in [0.25, 0.3) is 0 Å². The van der Waals surface area contributed by atoms with Gasteiger partial charge in [0.1, 0.15) is 11.5 Å². The number of anilines is 1. The van der Waals surface area contributed by atoms with Crippen LogP contribution in [0.4, 0.5) is 5.69 Å². The highest BCUT2D eigenvalue weighted by atomic mass is 16.7. The van der Waals surface area contributed by atoms with Gasteiger partial charge >= 0.3 is 0 Å². The van der Waals surface area contributed by atoms with Crippen LogP contribution in [0.3, 0.4) is 0 Å². The summed E-state index contributed by atoms with van der Waals surface area (Å²) >= 11 is 0. The molecule has 0 aliphatic carbocycles. The molecule has 8 nitrogen and oxygen atoms in total. The third kappa shape index (κ3) is 3.99. The number of hydrogen-bond acceptors (Lipinski definition) is 8. The summed E-state index contributed by atoms with van der Waals surface area (Å²) < 4.78 is 40.2. The van der Waals surface area contributed by atoms with Gasteiger partial charge in [-0.25, -0.2) is 0 Å². The summed E-state index contributed by atoms with van der Waals surface area (Å²) in [6.45, 7) is 2.33. The molecule has 2 heterocycles. The predicted molar refractivity (Wildman–Crippen MR) is 131 cm³/mol. The smallest absolute Gasteiger partial charge is 0.231 e. The van der Waals surface area contributed by atoms with Crippen LogP contribution < -0.4 is 38.5 Å². The molecule has 3 atom stereocenters. The highest BCUT2D eigenvalue weighted by Crippen LogP contribution is 2.51. The zero-order valence-electron chi connectivity index (χ0n) is 20.4. The molecule has 5 rings (SSSR count). The van der Waals surface area contributed by atoms with Crippen molar-refractivity contribution in [3.63, 3.8) is 0 Å². The number of rotatable bonds is 7. The van der Waals surface area contributed by atoms with Crippen molar-refractivity contribution >= 4 is 5.69 Å². The normalized spacial score (nSPS) is 19.9. The maximum Gasteiger partial charge on any atom is 0.231 e. The average molecular weight is 480 g/mol. The minimum atomic E-state index is -0.358. The van der Waals surface area contributed by atoms with Gasteiger partial charge in [0.25, 0.3) is 0 Å². The summed E-state index contributed by atoms with van der Waals surface area (Å²) in [6, 6.07) is 15.7.